The van der Waals surface area contributed by atoms with Crippen LogP contribution in [0.2, 0.25) is 10.0 Å². The fraction of sp³-hybridized carbons (Fsp3) is 0.455. The van der Waals surface area contributed by atoms with Crippen molar-refractivity contribution < 1.29 is 0 Å². The second-order valence-electron chi connectivity index (χ2n) is 3.76. The number of nitrogens with one attached hydrogen (secondary N) is 1. The van der Waals surface area contributed by atoms with Gasteiger partial charge in [-0.05, 0) is 23.8 Å². The van der Waals surface area contributed by atoms with Gasteiger partial charge in [-0.3, -0.25) is 4.90 Å². The number of nitrogens with zero attached hydrogens (tertiary/aromatic N) is 1. The molecule has 0 amide bonds. The lowest BCUT2D eigenvalue weighted by Gasteiger charge is -2.27. The molecule has 15 heavy (non-hydrogen) atoms. The molecular weight excluding hydrogens is 231 g/mol. The van der Waals surface area contributed by atoms with Crippen molar-refractivity contribution in [1.29, 1.82) is 0 Å². The van der Waals surface area contributed by atoms with Gasteiger partial charge in [0.2, 0.25) is 0 Å². The summed E-state index contributed by atoms with van der Waals surface area (Å²) < 4.78 is 0. The second kappa shape index (κ2) is 5.17. The van der Waals surface area contributed by atoms with Gasteiger partial charge in [-0.1, -0.05) is 23.2 Å². The van der Waals surface area contributed by atoms with Crippen molar-refractivity contribution in [2.24, 2.45) is 0 Å². The van der Waals surface area contributed by atoms with Crippen LogP contribution in [0.4, 0.5) is 0 Å². The fourth-order valence-corrected chi connectivity index (χ4v) is 2.15. The van der Waals surface area contributed by atoms with Crippen molar-refractivity contribution in [2.45, 2.75) is 6.54 Å². The monoisotopic (exact) mass is 244 g/mol. The lowest BCUT2D eigenvalue weighted by atomic mass is 10.2. The van der Waals surface area contributed by atoms with Crippen molar-refractivity contribution >= 4 is 23.2 Å². The van der Waals surface area contributed by atoms with Crippen LogP contribution in [0.15, 0.2) is 18.2 Å². The molecule has 2 rings (SSSR count). The number of halogens is 2. The van der Waals surface area contributed by atoms with Crippen LogP contribution in [-0.4, -0.2) is 31.1 Å². The minimum Gasteiger partial charge on any atom is -0.314 e. The van der Waals surface area contributed by atoms with E-state index >= 15 is 0 Å². The fourth-order valence-electron chi connectivity index (χ4n) is 1.77. The van der Waals surface area contributed by atoms with E-state index in [9.17, 15) is 0 Å². The minimum atomic E-state index is 0.754. The number of hydrogen-bond donors (Lipinski definition) is 1. The Morgan fingerprint density at radius 2 is 1.93 bits per heavy atom. The topological polar surface area (TPSA) is 15.3 Å². The first kappa shape index (κ1) is 11.2. The molecule has 1 heterocycles. The van der Waals surface area contributed by atoms with Gasteiger partial charge in [0.25, 0.3) is 0 Å². The first-order valence-corrected chi connectivity index (χ1v) is 5.88. The number of benzene rings is 1. The summed E-state index contributed by atoms with van der Waals surface area (Å²) in [7, 11) is 0. The van der Waals surface area contributed by atoms with Crippen molar-refractivity contribution in [3.63, 3.8) is 0 Å². The molecule has 1 aliphatic rings. The van der Waals surface area contributed by atoms with Gasteiger partial charge in [-0.2, -0.15) is 0 Å². The lowest BCUT2D eigenvalue weighted by Crippen LogP contribution is -2.42. The Hall–Kier alpha value is -0.280. The van der Waals surface area contributed by atoms with Crippen LogP contribution in [0.1, 0.15) is 5.56 Å². The molecule has 2 nitrogen and oxygen atoms in total. The maximum atomic E-state index is 6.11. The normalized spacial score (nSPS) is 18.0. The van der Waals surface area contributed by atoms with Gasteiger partial charge in [-0.25, -0.2) is 0 Å². The summed E-state index contributed by atoms with van der Waals surface area (Å²) in [6.07, 6.45) is 0. The molecule has 0 bridgehead atoms. The van der Waals surface area contributed by atoms with Gasteiger partial charge in [0.15, 0.2) is 0 Å². The van der Waals surface area contributed by atoms with Gasteiger partial charge in [0.1, 0.15) is 0 Å². The standard InChI is InChI=1S/C11H14Cl2N2/c12-10-1-2-11(13)9(7-10)8-15-5-3-14-4-6-15/h1-2,7,14H,3-6,8H2. The summed E-state index contributed by atoms with van der Waals surface area (Å²) in [5, 5.41) is 4.88. The average molecular weight is 245 g/mol. The van der Waals surface area contributed by atoms with Crippen molar-refractivity contribution in [2.75, 3.05) is 26.2 Å². The van der Waals surface area contributed by atoms with Crippen molar-refractivity contribution in [3.05, 3.63) is 33.8 Å². The molecule has 1 aromatic carbocycles. The highest BCUT2D eigenvalue weighted by Crippen LogP contribution is 2.22. The Balaban J connectivity index is 2.05. The summed E-state index contributed by atoms with van der Waals surface area (Å²) in [6.45, 7) is 5.14. The molecule has 0 spiro atoms. The van der Waals surface area contributed by atoms with E-state index in [0.717, 1.165) is 48.3 Å². The Labute approximate surface area is 100 Å². The van der Waals surface area contributed by atoms with E-state index < -0.39 is 0 Å². The average Bonchev–Trinajstić information content (AvgIpc) is 2.25. The third-order valence-electron chi connectivity index (χ3n) is 2.61. The molecule has 0 aromatic heterocycles. The molecular formula is C11H14Cl2N2. The van der Waals surface area contributed by atoms with Gasteiger partial charge >= 0.3 is 0 Å². The highest BCUT2D eigenvalue weighted by atomic mass is 35.5. The van der Waals surface area contributed by atoms with Crippen molar-refractivity contribution in [1.82, 2.24) is 10.2 Å². The van der Waals surface area contributed by atoms with E-state index in [1.54, 1.807) is 0 Å². The predicted octanol–water partition coefficient (Wildman–Crippen LogP) is 2.40. The van der Waals surface area contributed by atoms with Crippen LogP contribution < -0.4 is 5.32 Å². The Morgan fingerprint density at radius 1 is 1.20 bits per heavy atom. The SMILES string of the molecule is Clc1ccc(Cl)c(CN2CCNCC2)c1. The third-order valence-corrected chi connectivity index (χ3v) is 3.22. The molecule has 0 radical (unpaired) electrons. The summed E-state index contributed by atoms with van der Waals surface area (Å²) in [5.74, 6) is 0. The van der Waals surface area contributed by atoms with Crippen LogP contribution in [0.25, 0.3) is 0 Å². The molecule has 1 saturated heterocycles. The molecule has 82 valence electrons. The molecule has 1 fully saturated rings. The zero-order valence-corrected chi connectivity index (χ0v) is 9.98. The Bertz CT molecular complexity index is 335. The molecule has 0 unspecified atom stereocenters. The maximum Gasteiger partial charge on any atom is 0.0452 e. The highest BCUT2D eigenvalue weighted by molar-refractivity contribution is 6.33. The van der Waals surface area contributed by atoms with Gasteiger partial charge in [-0.15, -0.1) is 0 Å². The summed E-state index contributed by atoms with van der Waals surface area (Å²) in [6, 6.07) is 5.64. The third kappa shape index (κ3) is 3.08. The summed E-state index contributed by atoms with van der Waals surface area (Å²) in [5.41, 5.74) is 1.12. The van der Waals surface area contributed by atoms with E-state index in [-0.39, 0.29) is 0 Å². The van der Waals surface area contributed by atoms with Crippen LogP contribution in [0.3, 0.4) is 0 Å². The van der Waals surface area contributed by atoms with Crippen molar-refractivity contribution in [3.8, 4) is 0 Å². The van der Waals surface area contributed by atoms with E-state index in [2.05, 4.69) is 10.2 Å². The molecule has 1 N–H and O–H groups in total. The van der Waals surface area contributed by atoms with E-state index in [0.29, 0.717) is 0 Å². The lowest BCUT2D eigenvalue weighted by molar-refractivity contribution is 0.233. The summed E-state index contributed by atoms with van der Waals surface area (Å²) >= 11 is 12.1. The van der Waals surface area contributed by atoms with Crippen LogP contribution in [0.5, 0.6) is 0 Å². The van der Waals surface area contributed by atoms with Crippen LogP contribution in [-0.2, 0) is 6.54 Å². The van der Waals surface area contributed by atoms with E-state index in [1.807, 2.05) is 18.2 Å². The maximum absolute atomic E-state index is 6.11. The highest BCUT2D eigenvalue weighted by Gasteiger charge is 2.11. The number of hydrogen-bond acceptors (Lipinski definition) is 2. The van der Waals surface area contributed by atoms with Gasteiger partial charge in [0, 0.05) is 42.8 Å². The largest absolute Gasteiger partial charge is 0.314 e. The molecule has 1 aromatic rings. The molecule has 0 atom stereocenters. The number of piperazine rings is 1. The number of rotatable bonds is 2. The van der Waals surface area contributed by atoms with Crippen LogP contribution >= 0.6 is 23.2 Å². The van der Waals surface area contributed by atoms with E-state index in [1.165, 1.54) is 0 Å². The zero-order chi connectivity index (χ0) is 10.7. The predicted molar refractivity (Wildman–Crippen MR) is 64.6 cm³/mol. The molecule has 0 aliphatic carbocycles. The molecule has 0 saturated carbocycles. The molecule has 1 aliphatic heterocycles. The summed E-state index contributed by atoms with van der Waals surface area (Å²) in [4.78, 5) is 2.38. The Morgan fingerprint density at radius 3 is 2.67 bits per heavy atom. The molecule has 4 heteroatoms. The van der Waals surface area contributed by atoms with Crippen LogP contribution in [0, 0.1) is 0 Å². The quantitative estimate of drug-likeness (QED) is 0.860. The first-order valence-electron chi connectivity index (χ1n) is 5.13. The van der Waals surface area contributed by atoms with E-state index in [4.69, 9.17) is 23.2 Å². The van der Waals surface area contributed by atoms with Gasteiger partial charge in [0.05, 0.1) is 0 Å². The van der Waals surface area contributed by atoms with Gasteiger partial charge < -0.3 is 5.32 Å². The first-order chi connectivity index (χ1) is 7.25. The minimum absolute atomic E-state index is 0.754. The smallest absolute Gasteiger partial charge is 0.0452 e. The second-order valence-corrected chi connectivity index (χ2v) is 4.61. The Kier molecular flexibility index (Phi) is 3.87. The zero-order valence-electron chi connectivity index (χ0n) is 8.47.